The van der Waals surface area contributed by atoms with Gasteiger partial charge in [0.15, 0.2) is 0 Å². The Bertz CT molecular complexity index is 525. The maximum absolute atomic E-state index is 4.39. The van der Waals surface area contributed by atoms with Crippen LogP contribution >= 0.6 is 0 Å². The van der Waals surface area contributed by atoms with Gasteiger partial charge >= 0.3 is 0 Å². The Hall–Kier alpha value is -1.61. The second-order valence-electron chi connectivity index (χ2n) is 5.73. The van der Waals surface area contributed by atoms with Gasteiger partial charge in [-0.25, -0.2) is 0 Å². The molecule has 3 nitrogen and oxygen atoms in total. The highest BCUT2D eigenvalue weighted by Crippen LogP contribution is 2.18. The van der Waals surface area contributed by atoms with Gasteiger partial charge in [0.1, 0.15) is 0 Å². The molecular formula is C17H25N3. The molecule has 0 aliphatic carbocycles. The van der Waals surface area contributed by atoms with Gasteiger partial charge in [0.25, 0.3) is 0 Å². The first-order chi connectivity index (χ1) is 9.56. The van der Waals surface area contributed by atoms with Crippen molar-refractivity contribution in [3.63, 3.8) is 0 Å². The fraction of sp³-hybridized carbons (Fsp3) is 0.471. The third kappa shape index (κ3) is 3.94. The normalized spacial score (nSPS) is 12.8. The number of aromatic nitrogens is 2. The van der Waals surface area contributed by atoms with Crippen molar-refractivity contribution >= 4 is 0 Å². The van der Waals surface area contributed by atoms with E-state index in [9.17, 15) is 0 Å². The average molecular weight is 271 g/mol. The number of benzene rings is 1. The van der Waals surface area contributed by atoms with Gasteiger partial charge in [-0.2, -0.15) is 5.10 Å². The molecule has 0 saturated heterocycles. The average Bonchev–Trinajstić information content (AvgIpc) is 2.84. The van der Waals surface area contributed by atoms with E-state index >= 15 is 0 Å². The summed E-state index contributed by atoms with van der Waals surface area (Å²) in [5, 5.41) is 7.94. The minimum atomic E-state index is 0.375. The maximum atomic E-state index is 4.39. The second kappa shape index (κ2) is 6.71. The van der Waals surface area contributed by atoms with Gasteiger partial charge in [-0.3, -0.25) is 4.68 Å². The van der Waals surface area contributed by atoms with E-state index in [0.717, 1.165) is 18.7 Å². The summed E-state index contributed by atoms with van der Waals surface area (Å²) in [6.07, 6.45) is 2.96. The molecule has 0 radical (unpaired) electrons. The molecule has 0 spiro atoms. The fourth-order valence-electron chi connectivity index (χ4n) is 2.30. The van der Waals surface area contributed by atoms with Crippen LogP contribution in [0.5, 0.6) is 0 Å². The van der Waals surface area contributed by atoms with Crippen molar-refractivity contribution in [2.24, 2.45) is 7.05 Å². The quantitative estimate of drug-likeness (QED) is 0.872. The molecule has 1 N–H and O–H groups in total. The van der Waals surface area contributed by atoms with Crippen LogP contribution in [-0.2, 0) is 13.5 Å². The molecule has 3 heteroatoms. The minimum Gasteiger partial charge on any atom is -0.310 e. The molecule has 0 fully saturated rings. The zero-order chi connectivity index (χ0) is 14.5. The molecule has 0 aliphatic heterocycles. The lowest BCUT2D eigenvalue weighted by atomic mass is 9.99. The monoisotopic (exact) mass is 271 g/mol. The van der Waals surface area contributed by atoms with Crippen LogP contribution in [0.1, 0.15) is 49.6 Å². The molecule has 1 aromatic heterocycles. The van der Waals surface area contributed by atoms with E-state index in [1.807, 2.05) is 17.9 Å². The van der Waals surface area contributed by atoms with Crippen LogP contribution in [0.3, 0.4) is 0 Å². The van der Waals surface area contributed by atoms with Crippen molar-refractivity contribution in [2.75, 3.05) is 6.54 Å². The minimum absolute atomic E-state index is 0.375. The van der Waals surface area contributed by atoms with Crippen molar-refractivity contribution in [1.82, 2.24) is 15.1 Å². The Morgan fingerprint density at radius 1 is 1.05 bits per heavy atom. The Labute approximate surface area is 122 Å². The SMILES string of the molecule is CC(C)c1ccc(C(C)NCCc2ccn(C)n2)cc1. The molecule has 20 heavy (non-hydrogen) atoms. The fourth-order valence-corrected chi connectivity index (χ4v) is 2.30. The van der Waals surface area contributed by atoms with Crippen molar-refractivity contribution in [2.45, 2.75) is 39.2 Å². The lowest BCUT2D eigenvalue weighted by molar-refractivity contribution is 0.571. The van der Waals surface area contributed by atoms with Crippen molar-refractivity contribution < 1.29 is 0 Å². The first-order valence-corrected chi connectivity index (χ1v) is 7.38. The zero-order valence-electron chi connectivity index (χ0n) is 12.9. The number of nitrogens with zero attached hydrogens (tertiary/aromatic N) is 2. The van der Waals surface area contributed by atoms with E-state index in [2.05, 4.69) is 61.5 Å². The van der Waals surface area contributed by atoms with Gasteiger partial charge in [-0.15, -0.1) is 0 Å². The summed E-state index contributed by atoms with van der Waals surface area (Å²) in [4.78, 5) is 0. The second-order valence-corrected chi connectivity index (χ2v) is 5.73. The molecule has 1 atom stereocenters. The molecule has 1 aromatic carbocycles. The lowest BCUT2D eigenvalue weighted by Gasteiger charge is -2.15. The van der Waals surface area contributed by atoms with Gasteiger partial charge in [0.2, 0.25) is 0 Å². The first kappa shape index (κ1) is 14.8. The van der Waals surface area contributed by atoms with Crippen LogP contribution in [0.15, 0.2) is 36.5 Å². The smallest absolute Gasteiger partial charge is 0.0637 e. The van der Waals surface area contributed by atoms with Crippen LogP contribution in [0.4, 0.5) is 0 Å². The van der Waals surface area contributed by atoms with Crippen molar-refractivity contribution in [3.8, 4) is 0 Å². The highest BCUT2D eigenvalue weighted by molar-refractivity contribution is 5.26. The Morgan fingerprint density at radius 3 is 2.25 bits per heavy atom. The number of nitrogens with one attached hydrogen (secondary N) is 1. The molecule has 0 amide bonds. The summed E-state index contributed by atoms with van der Waals surface area (Å²) in [5.74, 6) is 0.594. The summed E-state index contributed by atoms with van der Waals surface area (Å²) < 4.78 is 1.85. The van der Waals surface area contributed by atoms with Crippen molar-refractivity contribution in [1.29, 1.82) is 0 Å². The summed E-state index contributed by atoms with van der Waals surface area (Å²) in [6.45, 7) is 7.61. The van der Waals surface area contributed by atoms with E-state index in [4.69, 9.17) is 0 Å². The number of hydrogen-bond acceptors (Lipinski definition) is 2. The first-order valence-electron chi connectivity index (χ1n) is 7.38. The molecule has 0 aliphatic rings. The van der Waals surface area contributed by atoms with Gasteiger partial charge in [-0.05, 0) is 30.0 Å². The highest BCUT2D eigenvalue weighted by atomic mass is 15.2. The Morgan fingerprint density at radius 2 is 1.70 bits per heavy atom. The molecule has 0 bridgehead atoms. The van der Waals surface area contributed by atoms with Crippen molar-refractivity contribution in [3.05, 3.63) is 53.3 Å². The van der Waals surface area contributed by atoms with E-state index in [1.165, 1.54) is 11.1 Å². The van der Waals surface area contributed by atoms with Crippen LogP contribution in [0.2, 0.25) is 0 Å². The molecular weight excluding hydrogens is 246 g/mol. The largest absolute Gasteiger partial charge is 0.310 e. The van der Waals surface area contributed by atoms with E-state index in [1.54, 1.807) is 0 Å². The molecule has 1 unspecified atom stereocenters. The third-order valence-corrected chi connectivity index (χ3v) is 3.70. The van der Waals surface area contributed by atoms with Gasteiger partial charge in [0.05, 0.1) is 5.69 Å². The summed E-state index contributed by atoms with van der Waals surface area (Å²) in [6, 6.07) is 11.4. The number of rotatable bonds is 6. The summed E-state index contributed by atoms with van der Waals surface area (Å²) in [5.41, 5.74) is 3.88. The summed E-state index contributed by atoms with van der Waals surface area (Å²) >= 11 is 0. The highest BCUT2D eigenvalue weighted by Gasteiger charge is 2.06. The summed E-state index contributed by atoms with van der Waals surface area (Å²) in [7, 11) is 1.95. The van der Waals surface area contributed by atoms with E-state index < -0.39 is 0 Å². The van der Waals surface area contributed by atoms with Gasteiger partial charge < -0.3 is 5.32 Å². The van der Waals surface area contributed by atoms with Crippen LogP contribution in [0.25, 0.3) is 0 Å². The standard InChI is InChI=1S/C17H25N3/c1-13(2)15-5-7-16(8-6-15)14(3)18-11-9-17-10-12-20(4)19-17/h5-8,10,12-14,18H,9,11H2,1-4H3. The van der Waals surface area contributed by atoms with E-state index in [0.29, 0.717) is 12.0 Å². The van der Waals surface area contributed by atoms with Crippen LogP contribution in [0, 0.1) is 0 Å². The van der Waals surface area contributed by atoms with Gasteiger partial charge in [-0.1, -0.05) is 38.1 Å². The predicted octanol–water partition coefficient (Wildman–Crippen LogP) is 3.44. The zero-order valence-corrected chi connectivity index (χ0v) is 12.9. The maximum Gasteiger partial charge on any atom is 0.0637 e. The number of hydrogen-bond donors (Lipinski definition) is 1. The van der Waals surface area contributed by atoms with Gasteiger partial charge in [0, 0.05) is 32.3 Å². The topological polar surface area (TPSA) is 29.9 Å². The third-order valence-electron chi connectivity index (χ3n) is 3.70. The molecule has 2 aromatic rings. The number of aryl methyl sites for hydroxylation is 1. The lowest BCUT2D eigenvalue weighted by Crippen LogP contribution is -2.21. The predicted molar refractivity (Wildman–Crippen MR) is 83.9 cm³/mol. The van der Waals surface area contributed by atoms with E-state index in [-0.39, 0.29) is 0 Å². The Kier molecular flexibility index (Phi) is 4.96. The van der Waals surface area contributed by atoms with Crippen LogP contribution < -0.4 is 5.32 Å². The molecule has 2 rings (SSSR count). The molecule has 108 valence electrons. The van der Waals surface area contributed by atoms with Crippen LogP contribution in [-0.4, -0.2) is 16.3 Å². The molecule has 0 saturated carbocycles. The molecule has 1 heterocycles. The Balaban J connectivity index is 1.83.